The van der Waals surface area contributed by atoms with Crippen LogP contribution in [0.25, 0.3) is 0 Å². The van der Waals surface area contributed by atoms with Gasteiger partial charge in [0.1, 0.15) is 0 Å². The summed E-state index contributed by atoms with van der Waals surface area (Å²) in [5.74, 6) is -1.11. The highest BCUT2D eigenvalue weighted by atomic mass is 16.4. The number of hydrogen-bond acceptors (Lipinski definition) is 3. The summed E-state index contributed by atoms with van der Waals surface area (Å²) < 4.78 is 0. The van der Waals surface area contributed by atoms with Gasteiger partial charge in [0, 0.05) is 18.8 Å². The summed E-state index contributed by atoms with van der Waals surface area (Å²) in [6.45, 7) is 1.42. The topological polar surface area (TPSA) is 95.7 Å². The third-order valence-electron chi connectivity index (χ3n) is 3.41. The smallest absolute Gasteiger partial charge is 0.337 e. The van der Waals surface area contributed by atoms with Gasteiger partial charge in [-0.2, -0.15) is 0 Å². The van der Waals surface area contributed by atoms with Crippen LogP contribution in [-0.4, -0.2) is 35.1 Å². The van der Waals surface area contributed by atoms with Crippen molar-refractivity contribution in [3.05, 3.63) is 23.8 Å². The highest BCUT2D eigenvalue weighted by Gasteiger charge is 2.18. The number of nitrogens with zero attached hydrogens (tertiary/aromatic N) is 1. The maximum absolute atomic E-state index is 12.2. The lowest BCUT2D eigenvalue weighted by Gasteiger charge is -2.21. The number of carbonyl (C=O) groups excluding carboxylic acids is 1. The molecule has 2 rings (SSSR count). The average molecular weight is 277 g/mol. The Hall–Kier alpha value is -2.24. The molecule has 1 saturated heterocycles. The van der Waals surface area contributed by atoms with Crippen LogP contribution in [-0.2, 0) is 0 Å². The Bertz CT molecular complexity index is 508. The van der Waals surface area contributed by atoms with Gasteiger partial charge in [0.25, 0.3) is 0 Å². The predicted octanol–water partition coefficient (Wildman–Crippen LogP) is 2.37. The van der Waals surface area contributed by atoms with E-state index in [1.807, 2.05) is 0 Å². The molecule has 1 aromatic carbocycles. The molecule has 2 amide bonds. The van der Waals surface area contributed by atoms with E-state index < -0.39 is 5.97 Å². The summed E-state index contributed by atoms with van der Waals surface area (Å²) in [5.41, 5.74) is 6.22. The summed E-state index contributed by atoms with van der Waals surface area (Å²) in [6, 6.07) is 4.19. The zero-order valence-corrected chi connectivity index (χ0v) is 11.3. The number of carboxylic acid groups (broad SMARTS) is 1. The number of rotatable bonds is 2. The highest BCUT2D eigenvalue weighted by Crippen LogP contribution is 2.20. The van der Waals surface area contributed by atoms with Gasteiger partial charge in [-0.25, -0.2) is 9.59 Å². The van der Waals surface area contributed by atoms with Crippen molar-refractivity contribution in [1.82, 2.24) is 4.90 Å². The Labute approximate surface area is 117 Å². The van der Waals surface area contributed by atoms with Gasteiger partial charge in [-0.05, 0) is 31.0 Å². The minimum Gasteiger partial charge on any atom is -0.478 e. The molecule has 4 N–H and O–H groups in total. The first-order valence-electron chi connectivity index (χ1n) is 6.76. The van der Waals surface area contributed by atoms with E-state index in [-0.39, 0.29) is 17.3 Å². The maximum Gasteiger partial charge on any atom is 0.337 e. The van der Waals surface area contributed by atoms with Crippen LogP contribution in [0.3, 0.4) is 0 Å². The number of carbonyl (C=O) groups is 2. The number of carboxylic acids is 1. The number of amides is 2. The number of likely N-dealkylation sites (tertiary alicyclic amines) is 1. The SMILES string of the molecule is Nc1ccc(NC(=O)N2CCCCCC2)c(C(=O)O)c1. The fourth-order valence-electron chi connectivity index (χ4n) is 2.32. The fourth-order valence-corrected chi connectivity index (χ4v) is 2.32. The number of nitrogens with two attached hydrogens (primary N) is 1. The molecule has 0 bridgehead atoms. The number of anilines is 2. The van der Waals surface area contributed by atoms with Crippen LogP contribution < -0.4 is 11.1 Å². The summed E-state index contributed by atoms with van der Waals surface area (Å²) in [5, 5.41) is 11.8. The number of urea groups is 1. The number of benzene rings is 1. The van der Waals surface area contributed by atoms with Crippen molar-refractivity contribution in [2.45, 2.75) is 25.7 Å². The van der Waals surface area contributed by atoms with Crippen LogP contribution in [0.2, 0.25) is 0 Å². The van der Waals surface area contributed by atoms with Gasteiger partial charge in [-0.1, -0.05) is 12.8 Å². The minimum absolute atomic E-state index is 0.00757. The number of hydrogen-bond donors (Lipinski definition) is 3. The summed E-state index contributed by atoms with van der Waals surface area (Å²) in [6.07, 6.45) is 4.24. The van der Waals surface area contributed by atoms with E-state index in [0.717, 1.165) is 25.7 Å². The monoisotopic (exact) mass is 277 g/mol. The molecular formula is C14H19N3O3. The number of nitrogens with one attached hydrogen (secondary N) is 1. The van der Waals surface area contributed by atoms with Crippen molar-refractivity contribution < 1.29 is 14.7 Å². The Morgan fingerprint density at radius 3 is 2.40 bits per heavy atom. The van der Waals surface area contributed by atoms with Gasteiger partial charge in [-0.3, -0.25) is 0 Å². The standard InChI is InChI=1S/C14H19N3O3/c15-10-5-6-12(11(9-10)13(18)19)16-14(20)17-7-3-1-2-4-8-17/h5-6,9H,1-4,7-8,15H2,(H,16,20)(H,18,19). The zero-order valence-electron chi connectivity index (χ0n) is 11.3. The van der Waals surface area contributed by atoms with Crippen LogP contribution in [0.5, 0.6) is 0 Å². The molecule has 6 heteroatoms. The molecule has 0 unspecified atom stereocenters. The van der Waals surface area contributed by atoms with E-state index in [1.165, 1.54) is 12.1 Å². The third kappa shape index (κ3) is 3.40. The molecule has 0 atom stereocenters. The van der Waals surface area contributed by atoms with Crippen molar-refractivity contribution in [2.75, 3.05) is 24.1 Å². The van der Waals surface area contributed by atoms with Crippen LogP contribution >= 0.6 is 0 Å². The van der Waals surface area contributed by atoms with Crippen molar-refractivity contribution >= 4 is 23.4 Å². The second kappa shape index (κ2) is 6.27. The van der Waals surface area contributed by atoms with E-state index >= 15 is 0 Å². The van der Waals surface area contributed by atoms with Crippen LogP contribution in [0.4, 0.5) is 16.2 Å². The van der Waals surface area contributed by atoms with Crippen molar-refractivity contribution in [1.29, 1.82) is 0 Å². The largest absolute Gasteiger partial charge is 0.478 e. The molecule has 0 aromatic heterocycles. The van der Waals surface area contributed by atoms with E-state index in [9.17, 15) is 9.59 Å². The number of aromatic carboxylic acids is 1. The molecule has 1 fully saturated rings. The molecule has 1 aliphatic rings. The molecule has 20 heavy (non-hydrogen) atoms. The minimum atomic E-state index is -1.11. The van der Waals surface area contributed by atoms with E-state index in [0.29, 0.717) is 18.8 Å². The number of nitrogen functional groups attached to an aromatic ring is 1. The lowest BCUT2D eigenvalue weighted by atomic mass is 10.1. The Morgan fingerprint density at radius 1 is 1.15 bits per heavy atom. The van der Waals surface area contributed by atoms with E-state index in [4.69, 9.17) is 10.8 Å². The van der Waals surface area contributed by atoms with Crippen molar-refractivity contribution in [2.24, 2.45) is 0 Å². The zero-order chi connectivity index (χ0) is 14.5. The van der Waals surface area contributed by atoms with Gasteiger partial charge >= 0.3 is 12.0 Å². The third-order valence-corrected chi connectivity index (χ3v) is 3.41. The van der Waals surface area contributed by atoms with Crippen molar-refractivity contribution in [3.8, 4) is 0 Å². The van der Waals surface area contributed by atoms with Crippen LogP contribution in [0, 0.1) is 0 Å². The first-order valence-corrected chi connectivity index (χ1v) is 6.76. The Kier molecular flexibility index (Phi) is 4.45. The molecule has 6 nitrogen and oxygen atoms in total. The molecular weight excluding hydrogens is 258 g/mol. The second-order valence-electron chi connectivity index (χ2n) is 4.94. The fraction of sp³-hybridized carbons (Fsp3) is 0.429. The molecule has 1 aromatic rings. The normalized spacial score (nSPS) is 15.5. The lowest BCUT2D eigenvalue weighted by molar-refractivity contribution is 0.0698. The van der Waals surface area contributed by atoms with E-state index in [1.54, 1.807) is 11.0 Å². The first-order chi connectivity index (χ1) is 9.58. The van der Waals surface area contributed by atoms with Gasteiger partial charge < -0.3 is 21.1 Å². The molecule has 108 valence electrons. The Balaban J connectivity index is 2.12. The molecule has 1 aliphatic heterocycles. The summed E-state index contributed by atoms with van der Waals surface area (Å²) in [7, 11) is 0. The van der Waals surface area contributed by atoms with Gasteiger partial charge in [0.05, 0.1) is 11.3 Å². The van der Waals surface area contributed by atoms with Crippen LogP contribution in [0.1, 0.15) is 36.0 Å². The summed E-state index contributed by atoms with van der Waals surface area (Å²) in [4.78, 5) is 25.1. The second-order valence-corrected chi connectivity index (χ2v) is 4.94. The van der Waals surface area contributed by atoms with Crippen LogP contribution in [0.15, 0.2) is 18.2 Å². The summed E-state index contributed by atoms with van der Waals surface area (Å²) >= 11 is 0. The predicted molar refractivity (Wildman–Crippen MR) is 76.9 cm³/mol. The molecule has 0 radical (unpaired) electrons. The molecule has 1 heterocycles. The van der Waals surface area contributed by atoms with E-state index in [2.05, 4.69) is 5.32 Å². The highest BCUT2D eigenvalue weighted by molar-refractivity contribution is 6.00. The molecule has 0 saturated carbocycles. The van der Waals surface area contributed by atoms with Gasteiger partial charge in [0.2, 0.25) is 0 Å². The first kappa shape index (κ1) is 14.2. The molecule has 0 spiro atoms. The molecule has 0 aliphatic carbocycles. The van der Waals surface area contributed by atoms with Gasteiger partial charge in [-0.15, -0.1) is 0 Å². The quantitative estimate of drug-likeness (QED) is 0.723. The maximum atomic E-state index is 12.2. The van der Waals surface area contributed by atoms with Crippen molar-refractivity contribution in [3.63, 3.8) is 0 Å². The average Bonchev–Trinajstić information content (AvgIpc) is 2.69. The van der Waals surface area contributed by atoms with Gasteiger partial charge in [0.15, 0.2) is 0 Å². The lowest BCUT2D eigenvalue weighted by Crippen LogP contribution is -2.36. The Morgan fingerprint density at radius 2 is 1.80 bits per heavy atom.